The molecule has 2 heterocycles. The van der Waals surface area contributed by atoms with E-state index >= 15 is 0 Å². The van der Waals surface area contributed by atoms with Crippen molar-refractivity contribution in [3.8, 4) is 0 Å². The minimum Gasteiger partial charge on any atom is -0.207 e. The van der Waals surface area contributed by atoms with Gasteiger partial charge in [-0.25, -0.2) is 8.42 Å². The smallest absolute Gasteiger partial charge is 0.207 e. The molecular weight excluding hydrogens is 333 g/mol. The molecule has 1 aliphatic heterocycles. The second kappa shape index (κ2) is 5.60. The van der Waals surface area contributed by atoms with Crippen LogP contribution >= 0.6 is 0 Å². The van der Waals surface area contributed by atoms with Crippen LogP contribution in [-0.2, 0) is 16.2 Å². The number of hydrogen-bond donors (Lipinski definition) is 0. The Morgan fingerprint density at radius 3 is 2.43 bits per heavy atom. The van der Waals surface area contributed by atoms with Crippen molar-refractivity contribution in [3.05, 3.63) is 42.2 Å². The van der Waals surface area contributed by atoms with E-state index in [1.165, 1.54) is 29.3 Å². The molecule has 0 N–H and O–H groups in total. The fraction of sp³-hybridized carbons (Fsp3) is 0.385. The monoisotopic (exact) mass is 346 g/mol. The molecule has 1 atom stereocenters. The van der Waals surface area contributed by atoms with Gasteiger partial charge in [-0.3, -0.25) is 0 Å². The molecule has 1 unspecified atom stereocenters. The highest BCUT2D eigenvalue weighted by molar-refractivity contribution is 7.89. The molecule has 3 rings (SSSR count). The van der Waals surface area contributed by atoms with Crippen molar-refractivity contribution in [2.75, 3.05) is 13.1 Å². The summed E-state index contributed by atoms with van der Waals surface area (Å²) in [6.07, 6.45) is -1.35. The Kier molecular flexibility index (Phi) is 3.88. The molecule has 10 heteroatoms. The molecule has 23 heavy (non-hydrogen) atoms. The first-order valence-corrected chi connectivity index (χ1v) is 8.26. The zero-order valence-corrected chi connectivity index (χ0v) is 12.6. The van der Waals surface area contributed by atoms with Crippen molar-refractivity contribution < 1.29 is 21.6 Å². The number of hydrogen-bond acceptors (Lipinski definition) is 4. The molecule has 1 aliphatic rings. The van der Waals surface area contributed by atoms with Crippen molar-refractivity contribution >= 4 is 10.0 Å². The maximum atomic E-state index is 13.1. The maximum Gasteiger partial charge on any atom is 0.417 e. The summed E-state index contributed by atoms with van der Waals surface area (Å²) in [5.41, 5.74) is -1.15. The van der Waals surface area contributed by atoms with Crippen molar-refractivity contribution in [1.29, 1.82) is 0 Å². The van der Waals surface area contributed by atoms with Gasteiger partial charge in [0.15, 0.2) is 0 Å². The van der Waals surface area contributed by atoms with Crippen LogP contribution in [0, 0.1) is 0 Å². The van der Waals surface area contributed by atoms with Crippen LogP contribution in [0.15, 0.2) is 41.6 Å². The Hall–Kier alpha value is -1.94. The molecule has 1 aromatic carbocycles. The Bertz CT molecular complexity index is 790. The van der Waals surface area contributed by atoms with Crippen molar-refractivity contribution in [2.24, 2.45) is 0 Å². The molecule has 0 spiro atoms. The van der Waals surface area contributed by atoms with Crippen LogP contribution in [0.4, 0.5) is 13.2 Å². The average molecular weight is 346 g/mol. The molecule has 0 radical (unpaired) electrons. The third-order valence-electron chi connectivity index (χ3n) is 3.70. The van der Waals surface area contributed by atoms with Gasteiger partial charge in [0.2, 0.25) is 10.0 Å². The number of halogens is 3. The largest absolute Gasteiger partial charge is 0.417 e. The zero-order valence-electron chi connectivity index (χ0n) is 11.8. The second-order valence-electron chi connectivity index (χ2n) is 5.15. The fourth-order valence-electron chi connectivity index (χ4n) is 2.60. The van der Waals surface area contributed by atoms with Crippen LogP contribution in [0.5, 0.6) is 0 Å². The highest BCUT2D eigenvalue weighted by Crippen LogP contribution is 2.36. The lowest BCUT2D eigenvalue weighted by Crippen LogP contribution is -2.31. The van der Waals surface area contributed by atoms with Crippen molar-refractivity contribution in [2.45, 2.75) is 23.5 Å². The molecule has 0 saturated carbocycles. The first-order valence-electron chi connectivity index (χ1n) is 6.82. The van der Waals surface area contributed by atoms with Crippen LogP contribution in [-0.4, -0.2) is 40.8 Å². The molecule has 1 fully saturated rings. The van der Waals surface area contributed by atoms with Crippen LogP contribution in [0.25, 0.3) is 0 Å². The van der Waals surface area contributed by atoms with E-state index in [1.807, 2.05) is 0 Å². The first-order chi connectivity index (χ1) is 10.8. The zero-order chi connectivity index (χ0) is 16.7. The molecule has 0 bridgehead atoms. The van der Waals surface area contributed by atoms with Crippen LogP contribution in [0.1, 0.15) is 18.0 Å². The van der Waals surface area contributed by atoms with Gasteiger partial charge in [0.25, 0.3) is 0 Å². The fourth-order valence-corrected chi connectivity index (χ4v) is 4.30. The Balaban J connectivity index is 1.92. The van der Waals surface area contributed by atoms with E-state index in [2.05, 4.69) is 10.2 Å². The van der Waals surface area contributed by atoms with Crippen LogP contribution in [0.3, 0.4) is 0 Å². The molecule has 2 aromatic rings. The van der Waals surface area contributed by atoms with E-state index in [4.69, 9.17) is 0 Å². The topological polar surface area (TPSA) is 68.1 Å². The Labute approximate surface area is 130 Å². The van der Waals surface area contributed by atoms with E-state index in [-0.39, 0.29) is 19.1 Å². The van der Waals surface area contributed by atoms with Gasteiger partial charge in [-0.2, -0.15) is 32.5 Å². The average Bonchev–Trinajstić information content (AvgIpc) is 3.17. The minimum absolute atomic E-state index is 0.0448. The number of alkyl halides is 3. The van der Waals surface area contributed by atoms with E-state index in [1.54, 1.807) is 0 Å². The predicted molar refractivity (Wildman–Crippen MR) is 73.9 cm³/mol. The van der Waals surface area contributed by atoms with Crippen LogP contribution in [0.2, 0.25) is 0 Å². The molecule has 1 saturated heterocycles. The maximum absolute atomic E-state index is 13.1. The summed E-state index contributed by atoms with van der Waals surface area (Å²) in [7, 11) is -4.23. The van der Waals surface area contributed by atoms with E-state index < -0.39 is 26.7 Å². The van der Waals surface area contributed by atoms with Gasteiger partial charge in [0.05, 0.1) is 28.9 Å². The summed E-state index contributed by atoms with van der Waals surface area (Å²) in [6.45, 7) is 0.171. The van der Waals surface area contributed by atoms with Gasteiger partial charge in [0, 0.05) is 13.1 Å². The van der Waals surface area contributed by atoms with Gasteiger partial charge in [-0.15, -0.1) is 0 Å². The Morgan fingerprint density at radius 1 is 1.13 bits per heavy atom. The number of benzene rings is 1. The standard InChI is InChI=1S/C13H13F3N4O2S/c14-13(15,16)11-3-1-2-4-12(11)23(21,22)19-8-5-10(9-19)20-17-6-7-18-20/h1-4,6-7,10H,5,8-9H2. The van der Waals surface area contributed by atoms with E-state index in [0.717, 1.165) is 16.4 Å². The summed E-state index contributed by atoms with van der Waals surface area (Å²) >= 11 is 0. The quantitative estimate of drug-likeness (QED) is 0.852. The van der Waals surface area contributed by atoms with Crippen LogP contribution < -0.4 is 0 Å². The van der Waals surface area contributed by atoms with Gasteiger partial charge in [-0.1, -0.05) is 12.1 Å². The molecule has 1 aromatic heterocycles. The first kappa shape index (κ1) is 15.9. The number of rotatable bonds is 3. The second-order valence-corrected chi connectivity index (χ2v) is 7.06. The third kappa shape index (κ3) is 2.95. The summed E-state index contributed by atoms with van der Waals surface area (Å²) in [4.78, 5) is 0.659. The number of sulfonamides is 1. The SMILES string of the molecule is O=S(=O)(c1ccccc1C(F)(F)F)N1CCC(n2nccn2)C1. The minimum atomic E-state index is -4.73. The van der Waals surface area contributed by atoms with Crippen molar-refractivity contribution in [3.63, 3.8) is 0 Å². The molecule has 0 amide bonds. The third-order valence-corrected chi connectivity index (χ3v) is 5.62. The molecular formula is C13H13F3N4O2S. The lowest BCUT2D eigenvalue weighted by Gasteiger charge is -2.19. The van der Waals surface area contributed by atoms with E-state index in [0.29, 0.717) is 6.42 Å². The normalized spacial score (nSPS) is 20.0. The Morgan fingerprint density at radius 2 is 1.78 bits per heavy atom. The number of aromatic nitrogens is 3. The van der Waals surface area contributed by atoms with Gasteiger partial charge >= 0.3 is 6.18 Å². The lowest BCUT2D eigenvalue weighted by atomic mass is 10.2. The van der Waals surface area contributed by atoms with Crippen molar-refractivity contribution in [1.82, 2.24) is 19.3 Å². The van der Waals surface area contributed by atoms with Gasteiger partial charge in [0.1, 0.15) is 0 Å². The van der Waals surface area contributed by atoms with Gasteiger partial charge in [-0.05, 0) is 18.6 Å². The lowest BCUT2D eigenvalue weighted by molar-refractivity contribution is -0.139. The summed E-state index contributed by atoms with van der Waals surface area (Å²) < 4.78 is 65.4. The number of nitrogens with zero attached hydrogens (tertiary/aromatic N) is 4. The predicted octanol–water partition coefficient (Wildman–Crippen LogP) is 1.93. The van der Waals surface area contributed by atoms with E-state index in [9.17, 15) is 21.6 Å². The summed E-state index contributed by atoms with van der Waals surface area (Å²) in [5.74, 6) is 0. The summed E-state index contributed by atoms with van der Waals surface area (Å²) in [6, 6.07) is 3.93. The molecule has 6 nitrogen and oxygen atoms in total. The molecule has 0 aliphatic carbocycles. The highest BCUT2D eigenvalue weighted by Gasteiger charge is 2.41. The molecule has 124 valence electrons. The van der Waals surface area contributed by atoms with Gasteiger partial charge < -0.3 is 0 Å². The highest BCUT2D eigenvalue weighted by atomic mass is 32.2. The summed E-state index contributed by atoms with van der Waals surface area (Å²) in [5, 5.41) is 7.90.